The molecule has 2 aromatic heterocycles. The Morgan fingerprint density at radius 2 is 2.12 bits per heavy atom. The first-order chi connectivity index (χ1) is 8.06. The van der Waals surface area contributed by atoms with Gasteiger partial charge in [-0.15, -0.1) is 0 Å². The lowest BCUT2D eigenvalue weighted by atomic mass is 10.0. The summed E-state index contributed by atoms with van der Waals surface area (Å²) in [5.41, 5.74) is 2.63. The zero-order valence-electron chi connectivity index (χ0n) is 9.52. The average Bonchev–Trinajstić information content (AvgIpc) is 2.68. The second kappa shape index (κ2) is 4.38. The van der Waals surface area contributed by atoms with Crippen LogP contribution < -0.4 is 0 Å². The number of carboxylic acids is 1. The van der Waals surface area contributed by atoms with Crippen molar-refractivity contribution in [1.82, 2.24) is 9.36 Å². The Balaban J connectivity index is 2.78. The number of nitrogens with zero attached hydrogens (tertiary/aromatic N) is 2. The average molecular weight is 252 g/mol. The summed E-state index contributed by atoms with van der Waals surface area (Å²) in [6.45, 7) is 3.73. The molecule has 2 aromatic rings. The molecule has 90 valence electrons. The van der Waals surface area contributed by atoms with E-state index in [9.17, 15) is 4.79 Å². The standard InChI is InChI=1S/C11H12N2O3S/c1-5-7(3-4-14)6(2)12-10-8(5)9(11(15)16)13-17-10/h14H,3-4H2,1-2H3,(H,15,16). The third kappa shape index (κ3) is 1.89. The summed E-state index contributed by atoms with van der Waals surface area (Å²) in [7, 11) is 0. The first-order valence-corrected chi connectivity index (χ1v) is 5.93. The van der Waals surface area contributed by atoms with E-state index in [0.29, 0.717) is 16.6 Å². The number of carboxylic acid groups (broad SMARTS) is 1. The van der Waals surface area contributed by atoms with Crippen molar-refractivity contribution in [3.63, 3.8) is 0 Å². The number of hydrogen-bond acceptors (Lipinski definition) is 5. The molecular formula is C11H12N2O3S. The first-order valence-electron chi connectivity index (χ1n) is 5.16. The van der Waals surface area contributed by atoms with Gasteiger partial charge in [-0.1, -0.05) is 0 Å². The van der Waals surface area contributed by atoms with Gasteiger partial charge in [-0.25, -0.2) is 9.78 Å². The molecule has 0 amide bonds. The Morgan fingerprint density at radius 1 is 1.41 bits per heavy atom. The van der Waals surface area contributed by atoms with Crippen molar-refractivity contribution in [2.45, 2.75) is 20.3 Å². The molecule has 2 rings (SSSR count). The molecule has 0 aliphatic carbocycles. The van der Waals surface area contributed by atoms with Gasteiger partial charge in [-0.2, -0.15) is 4.37 Å². The number of pyridine rings is 1. The molecule has 2 N–H and O–H groups in total. The highest BCUT2D eigenvalue weighted by Crippen LogP contribution is 2.28. The summed E-state index contributed by atoms with van der Waals surface area (Å²) in [6.07, 6.45) is 0.482. The van der Waals surface area contributed by atoms with E-state index < -0.39 is 5.97 Å². The number of rotatable bonds is 3. The summed E-state index contributed by atoms with van der Waals surface area (Å²) < 4.78 is 3.92. The molecule has 0 aliphatic heterocycles. The van der Waals surface area contributed by atoms with Crippen molar-refractivity contribution in [1.29, 1.82) is 0 Å². The van der Waals surface area contributed by atoms with Gasteiger partial charge in [-0.05, 0) is 42.9 Å². The number of aromatic carboxylic acids is 1. The highest BCUT2D eigenvalue weighted by Gasteiger charge is 2.19. The molecule has 2 heterocycles. The van der Waals surface area contributed by atoms with E-state index in [-0.39, 0.29) is 12.3 Å². The summed E-state index contributed by atoms with van der Waals surface area (Å²) in [5.74, 6) is -1.04. The molecule has 0 fully saturated rings. The zero-order valence-corrected chi connectivity index (χ0v) is 10.3. The Kier molecular flexibility index (Phi) is 3.08. The second-order valence-electron chi connectivity index (χ2n) is 3.79. The van der Waals surface area contributed by atoms with Crippen LogP contribution in [0.4, 0.5) is 0 Å². The van der Waals surface area contributed by atoms with Crippen LogP contribution in [0.5, 0.6) is 0 Å². The maximum atomic E-state index is 11.0. The van der Waals surface area contributed by atoms with Crippen LogP contribution in [0.1, 0.15) is 27.3 Å². The SMILES string of the molecule is Cc1nc2snc(C(=O)O)c2c(C)c1CCO. The minimum absolute atomic E-state index is 0.0227. The highest BCUT2D eigenvalue weighted by atomic mass is 32.1. The molecule has 0 atom stereocenters. The Hall–Kier alpha value is -1.53. The van der Waals surface area contributed by atoms with Crippen LogP contribution in [0.15, 0.2) is 0 Å². The van der Waals surface area contributed by atoms with E-state index in [2.05, 4.69) is 9.36 Å². The Labute approximate surface area is 102 Å². The van der Waals surface area contributed by atoms with E-state index in [1.165, 1.54) is 0 Å². The minimum Gasteiger partial charge on any atom is -0.476 e. The number of fused-ring (bicyclic) bond motifs is 1. The van der Waals surface area contributed by atoms with Crippen molar-refractivity contribution in [3.05, 3.63) is 22.5 Å². The smallest absolute Gasteiger partial charge is 0.356 e. The minimum atomic E-state index is -1.04. The monoisotopic (exact) mass is 252 g/mol. The molecule has 5 nitrogen and oxygen atoms in total. The topological polar surface area (TPSA) is 83.3 Å². The second-order valence-corrected chi connectivity index (χ2v) is 4.54. The van der Waals surface area contributed by atoms with Crippen LogP contribution >= 0.6 is 11.5 Å². The normalized spacial score (nSPS) is 11.0. The number of aliphatic hydroxyl groups excluding tert-OH is 1. The van der Waals surface area contributed by atoms with Crippen LogP contribution in [0.2, 0.25) is 0 Å². The number of aromatic nitrogens is 2. The number of aryl methyl sites for hydroxylation is 2. The molecule has 0 radical (unpaired) electrons. The third-order valence-electron chi connectivity index (χ3n) is 2.77. The fraction of sp³-hybridized carbons (Fsp3) is 0.364. The van der Waals surface area contributed by atoms with Crippen molar-refractivity contribution < 1.29 is 15.0 Å². The molecule has 0 unspecified atom stereocenters. The van der Waals surface area contributed by atoms with Gasteiger partial charge < -0.3 is 10.2 Å². The van der Waals surface area contributed by atoms with Crippen LogP contribution in [0.3, 0.4) is 0 Å². The summed E-state index contributed by atoms with van der Waals surface area (Å²) in [6, 6.07) is 0. The van der Waals surface area contributed by atoms with Gasteiger partial charge in [0.05, 0.1) is 0 Å². The lowest BCUT2D eigenvalue weighted by molar-refractivity contribution is 0.0694. The fourth-order valence-electron chi connectivity index (χ4n) is 1.96. The van der Waals surface area contributed by atoms with Gasteiger partial charge in [0.1, 0.15) is 4.83 Å². The summed E-state index contributed by atoms with van der Waals surface area (Å²) >= 11 is 1.09. The fourth-order valence-corrected chi connectivity index (χ4v) is 2.83. The van der Waals surface area contributed by atoms with Gasteiger partial charge in [0.2, 0.25) is 0 Å². The number of carbonyl (C=O) groups is 1. The predicted octanol–water partition coefficient (Wildman–Crippen LogP) is 1.54. The quantitative estimate of drug-likeness (QED) is 0.865. The van der Waals surface area contributed by atoms with Crippen LogP contribution in [-0.2, 0) is 6.42 Å². The lowest BCUT2D eigenvalue weighted by Gasteiger charge is -2.08. The van der Waals surface area contributed by atoms with E-state index in [1.54, 1.807) is 0 Å². The van der Waals surface area contributed by atoms with Gasteiger partial charge >= 0.3 is 5.97 Å². The van der Waals surface area contributed by atoms with Crippen LogP contribution in [0, 0.1) is 13.8 Å². The molecule has 0 aliphatic rings. The van der Waals surface area contributed by atoms with E-state index >= 15 is 0 Å². The maximum absolute atomic E-state index is 11.0. The highest BCUT2D eigenvalue weighted by molar-refractivity contribution is 7.13. The molecule has 0 saturated carbocycles. The zero-order chi connectivity index (χ0) is 12.6. The van der Waals surface area contributed by atoms with E-state index in [0.717, 1.165) is 28.4 Å². The maximum Gasteiger partial charge on any atom is 0.356 e. The van der Waals surface area contributed by atoms with Crippen molar-refractivity contribution in [2.24, 2.45) is 0 Å². The van der Waals surface area contributed by atoms with Gasteiger partial charge in [0, 0.05) is 17.7 Å². The molecule has 0 aromatic carbocycles. The summed E-state index contributed by atoms with van der Waals surface area (Å²) in [5, 5.41) is 18.7. The molecule has 0 spiro atoms. The van der Waals surface area contributed by atoms with Crippen molar-refractivity contribution in [2.75, 3.05) is 6.61 Å². The van der Waals surface area contributed by atoms with Crippen LogP contribution in [0.25, 0.3) is 10.2 Å². The molecule has 6 heteroatoms. The molecule has 0 saturated heterocycles. The molecule has 17 heavy (non-hydrogen) atoms. The van der Waals surface area contributed by atoms with Crippen molar-refractivity contribution >= 4 is 27.7 Å². The Bertz CT molecular complexity index is 592. The summed E-state index contributed by atoms with van der Waals surface area (Å²) in [4.78, 5) is 16.0. The number of aliphatic hydroxyl groups is 1. The van der Waals surface area contributed by atoms with E-state index in [1.807, 2.05) is 13.8 Å². The molecular weight excluding hydrogens is 240 g/mol. The third-order valence-corrected chi connectivity index (χ3v) is 3.51. The first kappa shape index (κ1) is 11.9. The van der Waals surface area contributed by atoms with E-state index in [4.69, 9.17) is 10.2 Å². The molecule has 0 bridgehead atoms. The van der Waals surface area contributed by atoms with Gasteiger partial charge in [-0.3, -0.25) is 0 Å². The lowest BCUT2D eigenvalue weighted by Crippen LogP contribution is -2.03. The van der Waals surface area contributed by atoms with Gasteiger partial charge in [0.15, 0.2) is 5.69 Å². The van der Waals surface area contributed by atoms with Crippen LogP contribution in [-0.4, -0.2) is 32.1 Å². The number of hydrogen-bond donors (Lipinski definition) is 2. The van der Waals surface area contributed by atoms with Crippen molar-refractivity contribution in [3.8, 4) is 0 Å². The largest absolute Gasteiger partial charge is 0.476 e. The Morgan fingerprint density at radius 3 is 2.71 bits per heavy atom. The van der Waals surface area contributed by atoms with Gasteiger partial charge in [0.25, 0.3) is 0 Å². The predicted molar refractivity (Wildman–Crippen MR) is 64.6 cm³/mol.